The molecule has 0 unspecified atom stereocenters. The van der Waals surface area contributed by atoms with E-state index in [0.717, 1.165) is 35.3 Å². The zero-order valence-electron chi connectivity index (χ0n) is 19.5. The lowest BCUT2D eigenvalue weighted by molar-refractivity contribution is 0.0693. The molecule has 1 fully saturated rings. The summed E-state index contributed by atoms with van der Waals surface area (Å²) in [4.78, 5) is 22.6. The first-order valence-electron chi connectivity index (χ1n) is 11.9. The molecule has 1 atom stereocenters. The van der Waals surface area contributed by atoms with Crippen molar-refractivity contribution in [1.82, 2.24) is 19.7 Å². The molecule has 0 radical (unpaired) electrons. The van der Waals surface area contributed by atoms with Crippen molar-refractivity contribution < 1.29 is 13.9 Å². The minimum absolute atomic E-state index is 0.0462. The van der Waals surface area contributed by atoms with Crippen LogP contribution < -0.4 is 4.90 Å². The molecule has 1 saturated heterocycles. The average Bonchev–Trinajstić information content (AvgIpc) is 3.41. The monoisotopic (exact) mass is 491 g/mol. The Morgan fingerprint density at radius 2 is 1.94 bits per heavy atom. The van der Waals surface area contributed by atoms with Gasteiger partial charge in [-0.05, 0) is 37.1 Å². The Balaban J connectivity index is 1.29. The Morgan fingerprint density at radius 3 is 2.80 bits per heavy atom. The maximum Gasteiger partial charge on any atom is 0.298 e. The second kappa shape index (κ2) is 9.02. The van der Waals surface area contributed by atoms with E-state index >= 15 is 0 Å². The van der Waals surface area contributed by atoms with E-state index in [2.05, 4.69) is 16.8 Å². The highest BCUT2D eigenvalue weighted by molar-refractivity contribution is 6.31. The highest BCUT2D eigenvalue weighted by Gasteiger charge is 2.33. The largest absolute Gasteiger partial charge is 0.423 e. The van der Waals surface area contributed by atoms with Gasteiger partial charge in [-0.25, -0.2) is 0 Å². The number of ether oxygens (including phenoxy) is 1. The number of hydrogen-bond donors (Lipinski definition) is 0. The van der Waals surface area contributed by atoms with Crippen LogP contribution in [-0.4, -0.2) is 57.9 Å². The predicted molar refractivity (Wildman–Crippen MR) is 134 cm³/mol. The van der Waals surface area contributed by atoms with Gasteiger partial charge in [0.15, 0.2) is 11.3 Å². The smallest absolute Gasteiger partial charge is 0.298 e. The summed E-state index contributed by atoms with van der Waals surface area (Å²) in [5.74, 6) is -0.0514. The minimum atomic E-state index is -0.0514. The van der Waals surface area contributed by atoms with Crippen molar-refractivity contribution in [3.05, 3.63) is 64.9 Å². The third-order valence-electron chi connectivity index (χ3n) is 6.84. The summed E-state index contributed by atoms with van der Waals surface area (Å²) in [5, 5.41) is 5.40. The Kier molecular flexibility index (Phi) is 5.70. The molecule has 1 amide bonds. The molecule has 0 spiro atoms. The number of halogens is 1. The summed E-state index contributed by atoms with van der Waals surface area (Å²) in [6.45, 7) is 5.70. The van der Waals surface area contributed by atoms with E-state index in [0.29, 0.717) is 55.2 Å². The highest BCUT2D eigenvalue weighted by atomic mass is 35.5. The molecule has 2 aromatic heterocycles. The number of benzene rings is 2. The molecule has 2 aliphatic rings. The third-order valence-corrected chi connectivity index (χ3v) is 7.07. The summed E-state index contributed by atoms with van der Waals surface area (Å²) >= 11 is 6.11. The molecule has 0 aliphatic carbocycles. The number of amides is 1. The second-order valence-electron chi connectivity index (χ2n) is 9.04. The summed E-state index contributed by atoms with van der Waals surface area (Å²) in [7, 11) is 0. The Morgan fingerprint density at radius 1 is 1.09 bits per heavy atom. The lowest BCUT2D eigenvalue weighted by atomic mass is 10.0. The molecule has 4 heterocycles. The standard InChI is InChI=1S/C26H26ClN5O3/c1-17-9-10-30(26-28-20-15-19(27)7-8-22(20)35-26)11-12-31(17)25(33)24-23(18-5-3-2-4-6-18)21-16-34-14-13-32(21)29-24/h2-8,15,17H,9-14,16H2,1H3/t17-/m1/s1. The van der Waals surface area contributed by atoms with Crippen molar-refractivity contribution in [3.63, 3.8) is 0 Å². The maximum atomic E-state index is 13.9. The summed E-state index contributed by atoms with van der Waals surface area (Å²) in [5.41, 5.74) is 4.74. The lowest BCUT2D eigenvalue weighted by Crippen LogP contribution is -2.40. The molecule has 2 aliphatic heterocycles. The number of hydrogen-bond acceptors (Lipinski definition) is 6. The van der Waals surface area contributed by atoms with Crippen molar-refractivity contribution in [2.75, 3.05) is 31.1 Å². The number of carbonyl (C=O) groups excluding carboxylic acids is 1. The first-order valence-corrected chi connectivity index (χ1v) is 12.3. The molecule has 4 aromatic rings. The van der Waals surface area contributed by atoms with Gasteiger partial charge in [-0.2, -0.15) is 10.1 Å². The number of aromatic nitrogens is 3. The number of oxazole rings is 1. The molecular weight excluding hydrogens is 466 g/mol. The van der Waals surface area contributed by atoms with Crippen molar-refractivity contribution >= 4 is 34.6 Å². The molecule has 0 N–H and O–H groups in total. The van der Waals surface area contributed by atoms with Crippen LogP contribution in [-0.2, 0) is 17.9 Å². The van der Waals surface area contributed by atoms with E-state index in [1.54, 1.807) is 12.1 Å². The summed E-state index contributed by atoms with van der Waals surface area (Å²) in [6, 6.07) is 16.0. The van der Waals surface area contributed by atoms with Crippen LogP contribution in [0.5, 0.6) is 0 Å². The van der Waals surface area contributed by atoms with Crippen LogP contribution in [0.1, 0.15) is 29.5 Å². The van der Waals surface area contributed by atoms with Gasteiger partial charge in [0.1, 0.15) is 5.52 Å². The van der Waals surface area contributed by atoms with Gasteiger partial charge in [-0.15, -0.1) is 0 Å². The molecule has 35 heavy (non-hydrogen) atoms. The van der Waals surface area contributed by atoms with E-state index < -0.39 is 0 Å². The lowest BCUT2D eigenvalue weighted by Gasteiger charge is -2.26. The van der Waals surface area contributed by atoms with Crippen molar-refractivity contribution in [1.29, 1.82) is 0 Å². The number of anilines is 1. The van der Waals surface area contributed by atoms with Crippen LogP contribution in [0.2, 0.25) is 5.02 Å². The molecule has 0 bridgehead atoms. The summed E-state index contributed by atoms with van der Waals surface area (Å²) < 4.78 is 13.6. The third kappa shape index (κ3) is 4.06. The van der Waals surface area contributed by atoms with E-state index in [4.69, 9.17) is 25.9 Å². The van der Waals surface area contributed by atoms with Crippen LogP contribution >= 0.6 is 11.6 Å². The Labute approximate surface area is 208 Å². The van der Waals surface area contributed by atoms with Gasteiger partial charge in [-0.3, -0.25) is 9.48 Å². The van der Waals surface area contributed by atoms with Gasteiger partial charge in [0, 0.05) is 36.3 Å². The van der Waals surface area contributed by atoms with E-state index in [1.165, 1.54) is 0 Å². The molecule has 0 saturated carbocycles. The first kappa shape index (κ1) is 22.1. The van der Waals surface area contributed by atoms with Crippen LogP contribution in [0.25, 0.3) is 22.2 Å². The van der Waals surface area contributed by atoms with Crippen LogP contribution in [0.3, 0.4) is 0 Å². The molecule has 2 aromatic carbocycles. The fraction of sp³-hybridized carbons (Fsp3) is 0.346. The van der Waals surface area contributed by atoms with Gasteiger partial charge in [0.25, 0.3) is 11.9 Å². The maximum absolute atomic E-state index is 13.9. The topological polar surface area (TPSA) is 76.6 Å². The number of nitrogens with zero attached hydrogens (tertiary/aromatic N) is 5. The fourth-order valence-corrected chi connectivity index (χ4v) is 5.08. The first-order chi connectivity index (χ1) is 17.1. The average molecular weight is 492 g/mol. The molecule has 8 nitrogen and oxygen atoms in total. The van der Waals surface area contributed by atoms with Crippen LogP contribution in [0, 0.1) is 0 Å². The van der Waals surface area contributed by atoms with E-state index in [9.17, 15) is 4.79 Å². The van der Waals surface area contributed by atoms with E-state index in [1.807, 2.05) is 46.0 Å². The van der Waals surface area contributed by atoms with Gasteiger partial charge < -0.3 is 19.0 Å². The van der Waals surface area contributed by atoms with Gasteiger partial charge >= 0.3 is 0 Å². The van der Waals surface area contributed by atoms with Gasteiger partial charge in [-0.1, -0.05) is 41.9 Å². The summed E-state index contributed by atoms with van der Waals surface area (Å²) in [6.07, 6.45) is 0.794. The zero-order valence-corrected chi connectivity index (χ0v) is 20.2. The van der Waals surface area contributed by atoms with Crippen molar-refractivity contribution in [3.8, 4) is 11.1 Å². The minimum Gasteiger partial charge on any atom is -0.423 e. The van der Waals surface area contributed by atoms with Crippen LogP contribution in [0.4, 0.5) is 6.01 Å². The Bertz CT molecular complexity index is 1380. The molecule has 9 heteroatoms. The molecule has 6 rings (SSSR count). The number of fused-ring (bicyclic) bond motifs is 2. The number of carbonyl (C=O) groups is 1. The molecular formula is C26H26ClN5O3. The van der Waals surface area contributed by atoms with Crippen molar-refractivity contribution in [2.45, 2.75) is 32.5 Å². The quantitative estimate of drug-likeness (QED) is 0.416. The molecule has 180 valence electrons. The highest BCUT2D eigenvalue weighted by Crippen LogP contribution is 2.32. The van der Waals surface area contributed by atoms with Gasteiger partial charge in [0.2, 0.25) is 0 Å². The number of rotatable bonds is 3. The van der Waals surface area contributed by atoms with Gasteiger partial charge in [0.05, 0.1) is 25.5 Å². The Hall–Kier alpha value is -3.36. The predicted octanol–water partition coefficient (Wildman–Crippen LogP) is 4.62. The SMILES string of the molecule is C[C@@H]1CCN(c2nc3cc(Cl)ccc3o2)CCN1C(=O)c1nn2c(c1-c1ccccc1)COCC2. The second-order valence-corrected chi connectivity index (χ2v) is 9.48. The zero-order chi connectivity index (χ0) is 23.9. The fourth-order valence-electron chi connectivity index (χ4n) is 4.92. The normalized spacial score (nSPS) is 18.5. The van der Waals surface area contributed by atoms with Crippen LogP contribution in [0.15, 0.2) is 52.9 Å². The van der Waals surface area contributed by atoms with E-state index in [-0.39, 0.29) is 11.9 Å². The van der Waals surface area contributed by atoms with Crippen molar-refractivity contribution in [2.24, 2.45) is 0 Å².